The molecule has 88 valence electrons. The molecular formula is C12H16BrNO2. The van der Waals surface area contributed by atoms with Gasteiger partial charge in [-0.15, -0.1) is 0 Å². The average molecular weight is 286 g/mol. The van der Waals surface area contributed by atoms with Crippen LogP contribution in [-0.4, -0.2) is 20.8 Å². The molecule has 16 heavy (non-hydrogen) atoms. The van der Waals surface area contributed by atoms with Crippen molar-refractivity contribution in [1.29, 1.82) is 0 Å². The van der Waals surface area contributed by atoms with Crippen molar-refractivity contribution >= 4 is 15.9 Å². The summed E-state index contributed by atoms with van der Waals surface area (Å²) in [5.74, 6) is 1.55. The van der Waals surface area contributed by atoms with Gasteiger partial charge in [0.1, 0.15) is 0 Å². The fraction of sp³-hybridized carbons (Fsp3) is 0.500. The third kappa shape index (κ3) is 2.18. The lowest BCUT2D eigenvalue weighted by Crippen LogP contribution is -2.13. The average Bonchev–Trinajstić information content (AvgIpc) is 2.82. The first-order chi connectivity index (χ1) is 7.76. The van der Waals surface area contributed by atoms with E-state index in [1.165, 1.54) is 18.4 Å². The van der Waals surface area contributed by atoms with Crippen molar-refractivity contribution in [1.82, 2.24) is 5.32 Å². The number of methoxy groups -OCH3 is 2. The van der Waals surface area contributed by atoms with Crippen LogP contribution in [0.3, 0.4) is 0 Å². The molecule has 3 nitrogen and oxygen atoms in total. The molecule has 1 fully saturated rings. The van der Waals surface area contributed by atoms with Gasteiger partial charge < -0.3 is 14.8 Å². The molecule has 0 aliphatic carbocycles. The molecule has 0 unspecified atom stereocenters. The lowest BCUT2D eigenvalue weighted by Gasteiger charge is -2.16. The van der Waals surface area contributed by atoms with E-state index in [1.54, 1.807) is 14.2 Å². The molecule has 1 aromatic rings. The van der Waals surface area contributed by atoms with E-state index in [4.69, 9.17) is 9.47 Å². The summed E-state index contributed by atoms with van der Waals surface area (Å²) >= 11 is 3.59. The van der Waals surface area contributed by atoms with Crippen molar-refractivity contribution in [3.8, 4) is 11.5 Å². The summed E-state index contributed by atoms with van der Waals surface area (Å²) in [6.07, 6.45) is 2.40. The molecule has 1 saturated heterocycles. The zero-order valence-corrected chi connectivity index (χ0v) is 11.1. The zero-order valence-electron chi connectivity index (χ0n) is 9.55. The van der Waals surface area contributed by atoms with Gasteiger partial charge in [0.25, 0.3) is 0 Å². The van der Waals surface area contributed by atoms with E-state index in [2.05, 4.69) is 21.2 Å². The van der Waals surface area contributed by atoms with Gasteiger partial charge in [-0.3, -0.25) is 0 Å². The van der Waals surface area contributed by atoms with Gasteiger partial charge in [0.05, 0.1) is 14.2 Å². The van der Waals surface area contributed by atoms with Crippen LogP contribution in [0.25, 0.3) is 0 Å². The zero-order chi connectivity index (χ0) is 11.5. The highest BCUT2D eigenvalue weighted by Gasteiger charge is 2.20. The highest BCUT2D eigenvalue weighted by molar-refractivity contribution is 9.10. The Balaban J connectivity index is 2.37. The van der Waals surface area contributed by atoms with Gasteiger partial charge in [0.2, 0.25) is 0 Å². The van der Waals surface area contributed by atoms with Crippen LogP contribution in [0.4, 0.5) is 0 Å². The van der Waals surface area contributed by atoms with Crippen molar-refractivity contribution in [2.75, 3.05) is 20.8 Å². The summed E-state index contributed by atoms with van der Waals surface area (Å²) < 4.78 is 11.7. The number of hydrogen-bond acceptors (Lipinski definition) is 3. The van der Waals surface area contributed by atoms with E-state index in [0.717, 1.165) is 22.5 Å². The Kier molecular flexibility index (Phi) is 3.71. The number of ether oxygens (including phenoxy) is 2. The van der Waals surface area contributed by atoms with Crippen molar-refractivity contribution in [3.63, 3.8) is 0 Å². The summed E-state index contributed by atoms with van der Waals surface area (Å²) in [4.78, 5) is 0. The lowest BCUT2D eigenvalue weighted by molar-refractivity contribution is 0.353. The highest BCUT2D eigenvalue weighted by Crippen LogP contribution is 2.38. The maximum Gasteiger partial charge on any atom is 0.161 e. The van der Waals surface area contributed by atoms with Gasteiger partial charge in [-0.2, -0.15) is 0 Å². The number of rotatable bonds is 3. The maximum atomic E-state index is 5.32. The number of halogens is 1. The molecule has 1 aromatic carbocycles. The van der Waals surface area contributed by atoms with Crippen LogP contribution >= 0.6 is 15.9 Å². The second-order valence-electron chi connectivity index (χ2n) is 3.88. The largest absolute Gasteiger partial charge is 0.493 e. The molecule has 0 amide bonds. The van der Waals surface area contributed by atoms with Gasteiger partial charge in [-0.1, -0.05) is 15.9 Å². The third-order valence-corrected chi connectivity index (χ3v) is 3.63. The van der Waals surface area contributed by atoms with Crippen LogP contribution in [-0.2, 0) is 0 Å². The minimum Gasteiger partial charge on any atom is -0.493 e. The first kappa shape index (κ1) is 11.7. The number of benzene rings is 1. The molecule has 4 heteroatoms. The van der Waals surface area contributed by atoms with Crippen LogP contribution in [0.2, 0.25) is 0 Å². The maximum absolute atomic E-state index is 5.32. The first-order valence-electron chi connectivity index (χ1n) is 5.41. The lowest BCUT2D eigenvalue weighted by atomic mass is 10.0. The molecule has 1 atom stereocenters. The van der Waals surface area contributed by atoms with E-state index >= 15 is 0 Å². The Morgan fingerprint density at radius 2 is 1.94 bits per heavy atom. The molecule has 0 spiro atoms. The summed E-state index contributed by atoms with van der Waals surface area (Å²) in [5.41, 5.74) is 1.25. The fourth-order valence-electron chi connectivity index (χ4n) is 2.09. The summed E-state index contributed by atoms with van der Waals surface area (Å²) in [5, 5.41) is 3.48. The van der Waals surface area contributed by atoms with Crippen molar-refractivity contribution in [3.05, 3.63) is 22.2 Å². The van der Waals surface area contributed by atoms with Crippen molar-refractivity contribution < 1.29 is 9.47 Å². The summed E-state index contributed by atoms with van der Waals surface area (Å²) in [6.45, 7) is 1.09. The second-order valence-corrected chi connectivity index (χ2v) is 4.73. The summed E-state index contributed by atoms with van der Waals surface area (Å²) in [7, 11) is 3.31. The molecule has 2 rings (SSSR count). The Hall–Kier alpha value is -0.740. The van der Waals surface area contributed by atoms with Crippen LogP contribution in [0, 0.1) is 0 Å². The molecular weight excluding hydrogens is 270 g/mol. The van der Waals surface area contributed by atoms with E-state index in [9.17, 15) is 0 Å². The van der Waals surface area contributed by atoms with Crippen LogP contribution in [0.1, 0.15) is 24.4 Å². The fourth-order valence-corrected chi connectivity index (χ4v) is 2.69. The quantitative estimate of drug-likeness (QED) is 0.926. The molecule has 1 aliphatic rings. The van der Waals surface area contributed by atoms with E-state index in [0.29, 0.717) is 6.04 Å². The Morgan fingerprint density at radius 3 is 2.50 bits per heavy atom. The Bertz CT molecular complexity index is 376. The third-order valence-electron chi connectivity index (χ3n) is 2.94. The smallest absolute Gasteiger partial charge is 0.161 e. The van der Waals surface area contributed by atoms with Gasteiger partial charge in [0.15, 0.2) is 11.5 Å². The second kappa shape index (κ2) is 5.06. The van der Waals surface area contributed by atoms with E-state index in [-0.39, 0.29) is 0 Å². The van der Waals surface area contributed by atoms with Crippen LogP contribution < -0.4 is 14.8 Å². The predicted octanol–water partition coefficient (Wildman–Crippen LogP) is 2.89. The van der Waals surface area contributed by atoms with Crippen LogP contribution in [0.15, 0.2) is 16.6 Å². The monoisotopic (exact) mass is 285 g/mol. The van der Waals surface area contributed by atoms with E-state index in [1.807, 2.05) is 12.1 Å². The molecule has 1 N–H and O–H groups in total. The Morgan fingerprint density at radius 1 is 1.25 bits per heavy atom. The normalized spacial score (nSPS) is 19.8. The topological polar surface area (TPSA) is 30.5 Å². The number of hydrogen-bond donors (Lipinski definition) is 1. The Labute approximate surface area is 104 Å². The van der Waals surface area contributed by atoms with Gasteiger partial charge in [-0.05, 0) is 37.1 Å². The highest BCUT2D eigenvalue weighted by atomic mass is 79.9. The first-order valence-corrected chi connectivity index (χ1v) is 6.20. The van der Waals surface area contributed by atoms with E-state index < -0.39 is 0 Å². The molecule has 0 bridgehead atoms. The van der Waals surface area contributed by atoms with Gasteiger partial charge >= 0.3 is 0 Å². The predicted molar refractivity (Wildman–Crippen MR) is 67.2 cm³/mol. The minimum absolute atomic E-state index is 0.425. The molecule has 0 aromatic heterocycles. The SMILES string of the molecule is COc1cc(Br)c([C@@H]2CCCN2)cc1OC. The number of nitrogens with one attached hydrogen (secondary N) is 1. The molecule has 1 heterocycles. The van der Waals surface area contributed by atoms with Crippen molar-refractivity contribution in [2.45, 2.75) is 18.9 Å². The molecule has 1 aliphatic heterocycles. The standard InChI is InChI=1S/C12H16BrNO2/c1-15-11-6-8(10-4-3-5-14-10)9(13)7-12(11)16-2/h6-7,10,14H,3-5H2,1-2H3/t10-/m0/s1. The molecule has 0 radical (unpaired) electrons. The van der Waals surface area contributed by atoms with Gasteiger partial charge in [-0.25, -0.2) is 0 Å². The summed E-state index contributed by atoms with van der Waals surface area (Å²) in [6, 6.07) is 4.44. The minimum atomic E-state index is 0.425. The van der Waals surface area contributed by atoms with Crippen LogP contribution in [0.5, 0.6) is 11.5 Å². The van der Waals surface area contributed by atoms with Gasteiger partial charge in [0, 0.05) is 10.5 Å². The van der Waals surface area contributed by atoms with Crippen molar-refractivity contribution in [2.24, 2.45) is 0 Å². The molecule has 0 saturated carbocycles.